The highest BCUT2D eigenvalue weighted by Gasteiger charge is 2.26. The minimum Gasteiger partial charge on any atom is -0.481 e. The van der Waals surface area contributed by atoms with Gasteiger partial charge in [0.2, 0.25) is 0 Å². The van der Waals surface area contributed by atoms with E-state index in [4.69, 9.17) is 5.11 Å². The molecule has 0 unspecified atom stereocenters. The van der Waals surface area contributed by atoms with Crippen LogP contribution >= 0.6 is 0 Å². The van der Waals surface area contributed by atoms with Gasteiger partial charge < -0.3 is 10.4 Å². The van der Waals surface area contributed by atoms with E-state index in [1.165, 1.54) is 36.5 Å². The van der Waals surface area contributed by atoms with Crippen LogP contribution < -0.4 is 5.32 Å². The Labute approximate surface area is 226 Å². The molecule has 6 rings (SSSR count). The van der Waals surface area contributed by atoms with E-state index in [2.05, 4.69) is 29.6 Å². The number of anilines is 1. The smallest absolute Gasteiger partial charge is 0.307 e. The van der Waals surface area contributed by atoms with Gasteiger partial charge in [-0.3, -0.25) is 9.59 Å². The number of fused-ring (bicyclic) bond motifs is 1. The highest BCUT2D eigenvalue weighted by molar-refractivity contribution is 6.31. The number of hydrogen-bond donors (Lipinski definition) is 2. The molecule has 1 fully saturated rings. The van der Waals surface area contributed by atoms with Crippen LogP contribution in [0.4, 0.5) is 10.1 Å². The van der Waals surface area contributed by atoms with Crippen molar-refractivity contribution in [2.75, 3.05) is 5.32 Å². The molecular formula is C34H28FNO3. The molecule has 4 nitrogen and oxygen atoms in total. The van der Waals surface area contributed by atoms with Crippen LogP contribution in [-0.2, 0) is 22.4 Å². The van der Waals surface area contributed by atoms with E-state index in [0.29, 0.717) is 34.7 Å². The van der Waals surface area contributed by atoms with Crippen molar-refractivity contribution in [2.45, 2.75) is 38.0 Å². The number of allylic oxidation sites excluding steroid dienone is 1. The van der Waals surface area contributed by atoms with E-state index in [1.807, 2.05) is 42.5 Å². The van der Waals surface area contributed by atoms with Crippen molar-refractivity contribution < 1.29 is 19.1 Å². The van der Waals surface area contributed by atoms with Crippen LogP contribution in [-0.4, -0.2) is 17.0 Å². The summed E-state index contributed by atoms with van der Waals surface area (Å²) in [6, 6.07) is 27.0. The summed E-state index contributed by atoms with van der Waals surface area (Å²) >= 11 is 0. The molecule has 1 aliphatic carbocycles. The van der Waals surface area contributed by atoms with Gasteiger partial charge >= 0.3 is 5.97 Å². The summed E-state index contributed by atoms with van der Waals surface area (Å²) in [5.41, 5.74) is 8.28. The number of aliphatic carboxylic acids is 1. The van der Waals surface area contributed by atoms with Crippen molar-refractivity contribution in [1.82, 2.24) is 0 Å². The van der Waals surface area contributed by atoms with Gasteiger partial charge in [0.25, 0.3) is 5.91 Å². The first kappa shape index (κ1) is 24.8. The Hall–Kier alpha value is -4.51. The lowest BCUT2D eigenvalue weighted by molar-refractivity contribution is -0.136. The molecule has 4 aromatic carbocycles. The minimum absolute atomic E-state index is 0.0283. The average Bonchev–Trinajstić information content (AvgIpc) is 3.20. The van der Waals surface area contributed by atoms with Crippen molar-refractivity contribution >= 4 is 23.1 Å². The highest BCUT2D eigenvalue weighted by atomic mass is 19.1. The summed E-state index contributed by atoms with van der Waals surface area (Å²) in [5, 5.41) is 11.7. The fraction of sp³-hybridized carbons (Fsp3) is 0.176. The molecule has 0 radical (unpaired) electrons. The third kappa shape index (κ3) is 5.00. The fourth-order valence-corrected chi connectivity index (χ4v) is 5.49. The quantitative estimate of drug-likeness (QED) is 0.248. The molecule has 1 saturated carbocycles. The lowest BCUT2D eigenvalue weighted by atomic mass is 9.77. The first-order valence-corrected chi connectivity index (χ1v) is 13.3. The number of carbonyl (C=O) groups excluding carboxylic acids is 1. The first-order chi connectivity index (χ1) is 19.0. The van der Waals surface area contributed by atoms with Gasteiger partial charge in [0.15, 0.2) is 0 Å². The number of rotatable bonds is 7. The summed E-state index contributed by atoms with van der Waals surface area (Å²) in [4.78, 5) is 23.7. The number of benzene rings is 4. The number of nitrogens with one attached hydrogen (secondary N) is 1. The van der Waals surface area contributed by atoms with Crippen molar-refractivity contribution in [2.24, 2.45) is 0 Å². The summed E-state index contributed by atoms with van der Waals surface area (Å²) in [6.45, 7) is 0. The zero-order chi connectivity index (χ0) is 26.9. The zero-order valence-electron chi connectivity index (χ0n) is 21.4. The minimum atomic E-state index is -0.875. The normalized spacial score (nSPS) is 15.6. The molecule has 39 heavy (non-hydrogen) atoms. The van der Waals surface area contributed by atoms with Crippen LogP contribution in [0.15, 0.2) is 91.0 Å². The second-order valence-corrected chi connectivity index (χ2v) is 10.3. The highest BCUT2D eigenvalue weighted by Crippen LogP contribution is 2.42. The average molecular weight is 518 g/mol. The Morgan fingerprint density at radius 3 is 2.21 bits per heavy atom. The van der Waals surface area contributed by atoms with Gasteiger partial charge in [-0.2, -0.15) is 0 Å². The maximum absolute atomic E-state index is 15.2. The summed E-state index contributed by atoms with van der Waals surface area (Å²) in [5.74, 6) is -0.896. The fourth-order valence-electron chi connectivity index (χ4n) is 5.49. The Morgan fingerprint density at radius 1 is 0.872 bits per heavy atom. The van der Waals surface area contributed by atoms with Crippen LogP contribution in [0.25, 0.3) is 27.8 Å². The van der Waals surface area contributed by atoms with Crippen LogP contribution in [0.1, 0.15) is 47.4 Å². The molecule has 5 heteroatoms. The van der Waals surface area contributed by atoms with E-state index in [0.717, 1.165) is 22.3 Å². The first-order valence-electron chi connectivity index (χ1n) is 13.3. The second kappa shape index (κ2) is 10.3. The summed E-state index contributed by atoms with van der Waals surface area (Å²) in [7, 11) is 0. The van der Waals surface area contributed by atoms with Crippen LogP contribution in [0.2, 0.25) is 0 Å². The van der Waals surface area contributed by atoms with E-state index >= 15 is 4.39 Å². The van der Waals surface area contributed by atoms with Gasteiger partial charge in [-0.15, -0.1) is 0 Å². The largest absolute Gasteiger partial charge is 0.481 e. The molecule has 4 aromatic rings. The Balaban J connectivity index is 1.27. The maximum atomic E-state index is 15.2. The molecule has 1 heterocycles. The molecule has 0 atom stereocenters. The molecule has 2 aliphatic rings. The van der Waals surface area contributed by atoms with Crippen molar-refractivity contribution in [3.63, 3.8) is 0 Å². The monoisotopic (exact) mass is 517 g/mol. The van der Waals surface area contributed by atoms with Crippen molar-refractivity contribution in [1.29, 1.82) is 0 Å². The van der Waals surface area contributed by atoms with Gasteiger partial charge in [0.05, 0.1) is 12.1 Å². The Kier molecular flexibility index (Phi) is 6.57. The lowest BCUT2D eigenvalue weighted by Crippen LogP contribution is -2.09. The molecule has 194 valence electrons. The van der Waals surface area contributed by atoms with E-state index in [9.17, 15) is 9.59 Å². The van der Waals surface area contributed by atoms with Gasteiger partial charge in [-0.25, -0.2) is 4.39 Å². The van der Waals surface area contributed by atoms with E-state index < -0.39 is 5.97 Å². The topological polar surface area (TPSA) is 66.4 Å². The number of amides is 1. The molecule has 0 saturated heterocycles. The van der Waals surface area contributed by atoms with Crippen LogP contribution in [0.3, 0.4) is 0 Å². The van der Waals surface area contributed by atoms with Crippen molar-refractivity contribution in [3.8, 4) is 22.3 Å². The van der Waals surface area contributed by atoms with Crippen LogP contribution in [0, 0.1) is 5.82 Å². The number of carboxylic acid groups (broad SMARTS) is 1. The predicted octanol–water partition coefficient (Wildman–Crippen LogP) is 7.63. The summed E-state index contributed by atoms with van der Waals surface area (Å²) in [6.07, 6.45) is 6.05. The molecule has 1 amide bonds. The molecular weight excluding hydrogens is 489 g/mol. The van der Waals surface area contributed by atoms with Gasteiger partial charge in [-0.1, -0.05) is 85.3 Å². The van der Waals surface area contributed by atoms with Gasteiger partial charge in [0.1, 0.15) is 5.82 Å². The number of hydrogen-bond acceptors (Lipinski definition) is 2. The Bertz CT molecular complexity index is 1600. The number of carbonyl (C=O) groups is 2. The van der Waals surface area contributed by atoms with Crippen molar-refractivity contribution in [3.05, 3.63) is 119 Å². The van der Waals surface area contributed by atoms with E-state index in [1.54, 1.807) is 18.2 Å². The summed E-state index contributed by atoms with van der Waals surface area (Å²) < 4.78 is 15.2. The van der Waals surface area contributed by atoms with E-state index in [-0.39, 0.29) is 18.1 Å². The third-order valence-corrected chi connectivity index (χ3v) is 7.82. The molecule has 1 aliphatic heterocycles. The predicted molar refractivity (Wildman–Crippen MR) is 152 cm³/mol. The second-order valence-electron chi connectivity index (χ2n) is 10.3. The number of carboxylic acids is 1. The SMILES string of the molecule is O=C(O)Cc1ccc(C/C=C2\C(=O)Nc3cc(F)c(-c4ccc(-c5ccccc5C5CCC5)cc4)cc32)cc1. The molecule has 0 aromatic heterocycles. The zero-order valence-corrected chi connectivity index (χ0v) is 21.4. The Morgan fingerprint density at radius 2 is 1.54 bits per heavy atom. The molecule has 0 bridgehead atoms. The standard InChI is InChI=1S/C34H28FNO3/c35-31-20-32-30(28(34(39)36-32)17-12-21-8-10-22(11-9-21)18-33(37)38)19-29(31)25-15-13-24(14-16-25)27-7-2-1-6-26(27)23-4-3-5-23/h1-2,6-11,13-17,19-20,23H,3-5,12,18H2,(H,36,39)(H,37,38)/b28-17-. The van der Waals surface area contributed by atoms with Gasteiger partial charge in [-0.05, 0) is 70.7 Å². The lowest BCUT2D eigenvalue weighted by Gasteiger charge is -2.28. The maximum Gasteiger partial charge on any atom is 0.307 e. The van der Waals surface area contributed by atoms with Gasteiger partial charge in [0, 0.05) is 16.7 Å². The number of halogens is 1. The van der Waals surface area contributed by atoms with Crippen LogP contribution in [0.5, 0.6) is 0 Å². The molecule has 2 N–H and O–H groups in total. The molecule has 0 spiro atoms. The third-order valence-electron chi connectivity index (χ3n) is 7.82.